The summed E-state index contributed by atoms with van der Waals surface area (Å²) >= 11 is 0. The summed E-state index contributed by atoms with van der Waals surface area (Å²) < 4.78 is 5.83. The highest BCUT2D eigenvalue weighted by atomic mass is 16.5. The molecule has 0 aliphatic heterocycles. The van der Waals surface area contributed by atoms with Crippen molar-refractivity contribution in [3.05, 3.63) is 23.3 Å². The molecule has 2 unspecified atom stereocenters. The minimum absolute atomic E-state index is 0.150. The number of carbonyl (C=O) groups excluding carboxylic acids is 1. The van der Waals surface area contributed by atoms with Gasteiger partial charge in [-0.25, -0.2) is 0 Å². The zero-order chi connectivity index (χ0) is 17.9. The van der Waals surface area contributed by atoms with Gasteiger partial charge in [0.05, 0.1) is 20.7 Å². The smallest absolute Gasteiger partial charge is 0.252 e. The molecule has 0 radical (unpaired) electrons. The van der Waals surface area contributed by atoms with Crippen LogP contribution in [0.5, 0.6) is 0 Å². The third-order valence-electron chi connectivity index (χ3n) is 4.13. The highest BCUT2D eigenvalue weighted by Gasteiger charge is 2.34. The third kappa shape index (κ3) is 9.04. The molecule has 0 fully saturated rings. The van der Waals surface area contributed by atoms with Crippen molar-refractivity contribution in [3.63, 3.8) is 0 Å². The van der Waals surface area contributed by atoms with E-state index in [0.717, 1.165) is 32.0 Å². The number of aldehydes is 1. The Kier molecular flexibility index (Phi) is 11.1. The Labute approximate surface area is 142 Å². The number of quaternary nitrogens is 1. The van der Waals surface area contributed by atoms with Crippen LogP contribution in [0.4, 0.5) is 0 Å². The molecule has 0 aromatic heterocycles. The van der Waals surface area contributed by atoms with Crippen LogP contribution in [0.3, 0.4) is 0 Å². The number of ether oxygens (including phenoxy) is 1. The first-order chi connectivity index (χ1) is 10.8. The molecule has 0 spiro atoms. The Hall–Kier alpha value is -0.970. The first-order valence-electron chi connectivity index (χ1n) is 8.63. The standard InChI is InChI=1S/C19H36NO3/c1-7-18(22)20(5,6)19(15-21)23-14-9-8-12-17(4)13-10-11-16(2)3/h11-12,15,18-19,22H,7-10,13-14H2,1-6H3/q+1/b17-12+. The monoisotopic (exact) mass is 326 g/mol. The number of likely N-dealkylation sites (N-methyl/N-ethyl adjacent to an activating group) is 1. The summed E-state index contributed by atoms with van der Waals surface area (Å²) in [7, 11) is 3.64. The van der Waals surface area contributed by atoms with Crippen molar-refractivity contribution < 1.29 is 19.1 Å². The molecular weight excluding hydrogens is 290 g/mol. The first kappa shape index (κ1) is 22.0. The Morgan fingerprint density at radius 2 is 1.83 bits per heavy atom. The van der Waals surface area contributed by atoms with Gasteiger partial charge in [0.1, 0.15) is 0 Å². The van der Waals surface area contributed by atoms with Gasteiger partial charge in [-0.1, -0.05) is 30.2 Å². The van der Waals surface area contributed by atoms with Crippen LogP contribution < -0.4 is 0 Å². The van der Waals surface area contributed by atoms with Gasteiger partial charge in [0.25, 0.3) is 6.23 Å². The van der Waals surface area contributed by atoms with Crippen LogP contribution in [0, 0.1) is 0 Å². The summed E-state index contributed by atoms with van der Waals surface area (Å²) in [5.41, 5.74) is 2.76. The van der Waals surface area contributed by atoms with Crippen LogP contribution in [0.15, 0.2) is 23.3 Å². The normalized spacial score (nSPS) is 15.2. The quantitative estimate of drug-likeness (QED) is 0.195. The van der Waals surface area contributed by atoms with E-state index in [2.05, 4.69) is 32.9 Å². The van der Waals surface area contributed by atoms with Gasteiger partial charge in [-0.15, -0.1) is 0 Å². The fraction of sp³-hybridized carbons (Fsp3) is 0.737. The number of nitrogens with zero attached hydrogens (tertiary/aromatic N) is 1. The highest BCUT2D eigenvalue weighted by molar-refractivity contribution is 5.53. The van der Waals surface area contributed by atoms with Crippen LogP contribution in [0.2, 0.25) is 0 Å². The summed E-state index contributed by atoms with van der Waals surface area (Å²) in [4.78, 5) is 11.2. The fourth-order valence-corrected chi connectivity index (χ4v) is 2.35. The number of aliphatic hydroxyl groups excluding tert-OH is 1. The lowest BCUT2D eigenvalue weighted by atomic mass is 10.1. The zero-order valence-electron chi connectivity index (χ0n) is 15.8. The molecule has 0 aromatic rings. The lowest BCUT2D eigenvalue weighted by Crippen LogP contribution is -2.57. The number of carbonyl (C=O) groups is 1. The van der Waals surface area contributed by atoms with Gasteiger partial charge in [-0.05, 0) is 46.5 Å². The lowest BCUT2D eigenvalue weighted by Gasteiger charge is -2.37. The van der Waals surface area contributed by atoms with Crippen LogP contribution in [0.25, 0.3) is 0 Å². The molecule has 2 atom stereocenters. The average Bonchev–Trinajstić information content (AvgIpc) is 2.49. The maximum atomic E-state index is 11.2. The van der Waals surface area contributed by atoms with Gasteiger partial charge in [0.2, 0.25) is 6.29 Å². The molecule has 0 heterocycles. The summed E-state index contributed by atoms with van der Waals surface area (Å²) in [6.07, 6.45) is 8.70. The Morgan fingerprint density at radius 3 is 2.35 bits per heavy atom. The van der Waals surface area contributed by atoms with E-state index in [4.69, 9.17) is 4.74 Å². The molecule has 0 aliphatic rings. The van der Waals surface area contributed by atoms with Crippen molar-refractivity contribution in [2.45, 2.75) is 72.3 Å². The number of hydrogen-bond donors (Lipinski definition) is 1. The van der Waals surface area contributed by atoms with Crippen LogP contribution in [-0.2, 0) is 9.53 Å². The molecule has 0 rings (SSSR count). The van der Waals surface area contributed by atoms with Crippen molar-refractivity contribution in [3.8, 4) is 0 Å². The number of allylic oxidation sites excluding steroid dienone is 4. The predicted molar refractivity (Wildman–Crippen MR) is 95.9 cm³/mol. The molecule has 23 heavy (non-hydrogen) atoms. The van der Waals surface area contributed by atoms with Crippen LogP contribution >= 0.6 is 0 Å². The molecule has 4 nitrogen and oxygen atoms in total. The maximum absolute atomic E-state index is 11.2. The first-order valence-corrected chi connectivity index (χ1v) is 8.63. The van der Waals surface area contributed by atoms with E-state index in [0.29, 0.717) is 13.0 Å². The topological polar surface area (TPSA) is 46.5 Å². The number of unbranched alkanes of at least 4 members (excludes halogenated alkanes) is 1. The van der Waals surface area contributed by atoms with E-state index >= 15 is 0 Å². The number of aliphatic hydroxyl groups is 1. The van der Waals surface area contributed by atoms with E-state index < -0.39 is 12.5 Å². The highest BCUT2D eigenvalue weighted by Crippen LogP contribution is 2.15. The van der Waals surface area contributed by atoms with Gasteiger partial charge in [0.15, 0.2) is 6.23 Å². The maximum Gasteiger partial charge on any atom is 0.252 e. The van der Waals surface area contributed by atoms with Crippen molar-refractivity contribution in [1.29, 1.82) is 0 Å². The van der Waals surface area contributed by atoms with Gasteiger partial charge in [-0.3, -0.25) is 9.28 Å². The predicted octanol–water partition coefficient (Wildman–Crippen LogP) is 3.81. The molecule has 0 aliphatic carbocycles. The molecule has 134 valence electrons. The summed E-state index contributed by atoms with van der Waals surface area (Å²) in [6.45, 7) is 8.82. The number of hydrogen-bond acceptors (Lipinski definition) is 3. The Balaban J connectivity index is 4.14. The fourth-order valence-electron chi connectivity index (χ4n) is 2.35. The zero-order valence-corrected chi connectivity index (χ0v) is 15.8. The molecule has 0 amide bonds. The van der Waals surface area contributed by atoms with Crippen LogP contribution in [-0.4, -0.2) is 49.0 Å². The summed E-state index contributed by atoms with van der Waals surface area (Å²) in [5, 5.41) is 10.0. The van der Waals surface area contributed by atoms with Crippen LogP contribution in [0.1, 0.15) is 59.8 Å². The third-order valence-corrected chi connectivity index (χ3v) is 4.13. The molecule has 1 N–H and O–H groups in total. The Morgan fingerprint density at radius 1 is 1.17 bits per heavy atom. The van der Waals surface area contributed by atoms with E-state index in [1.165, 1.54) is 11.1 Å². The molecule has 0 saturated carbocycles. The minimum Gasteiger partial charge on any atom is -0.345 e. The van der Waals surface area contributed by atoms with Gasteiger partial charge >= 0.3 is 0 Å². The summed E-state index contributed by atoms with van der Waals surface area (Å²) in [6, 6.07) is 0. The molecule has 4 heteroatoms. The molecule has 0 aromatic carbocycles. The van der Waals surface area contributed by atoms with Crippen molar-refractivity contribution in [2.75, 3.05) is 20.7 Å². The van der Waals surface area contributed by atoms with Crippen molar-refractivity contribution in [1.82, 2.24) is 0 Å². The molecular formula is C19H36NO3+. The largest absolute Gasteiger partial charge is 0.345 e. The SMILES string of the molecule is CCC(O)[N+](C)(C)C(C=O)OCCC/C=C(\C)CCC=C(C)C. The number of rotatable bonds is 12. The van der Waals surface area contributed by atoms with Gasteiger partial charge < -0.3 is 9.84 Å². The van der Waals surface area contributed by atoms with Gasteiger partial charge in [0, 0.05) is 6.42 Å². The average molecular weight is 327 g/mol. The Bertz CT molecular complexity index is 395. The second-order valence-electron chi connectivity index (χ2n) is 6.93. The lowest BCUT2D eigenvalue weighted by molar-refractivity contribution is -0.968. The molecule has 0 bridgehead atoms. The van der Waals surface area contributed by atoms with E-state index in [-0.39, 0.29) is 4.48 Å². The second-order valence-corrected chi connectivity index (χ2v) is 6.93. The van der Waals surface area contributed by atoms with Crippen molar-refractivity contribution in [2.24, 2.45) is 0 Å². The van der Waals surface area contributed by atoms with E-state index in [1.807, 2.05) is 21.0 Å². The minimum atomic E-state index is -0.618. The van der Waals surface area contributed by atoms with Gasteiger partial charge in [-0.2, -0.15) is 0 Å². The van der Waals surface area contributed by atoms with Crippen molar-refractivity contribution >= 4 is 6.29 Å². The van der Waals surface area contributed by atoms with E-state index in [1.54, 1.807) is 0 Å². The second kappa shape index (κ2) is 11.5. The summed E-state index contributed by atoms with van der Waals surface area (Å²) in [5.74, 6) is 0. The molecule has 0 saturated heterocycles. The van der Waals surface area contributed by atoms with E-state index in [9.17, 15) is 9.90 Å².